The van der Waals surface area contributed by atoms with E-state index < -0.39 is 0 Å². The van der Waals surface area contributed by atoms with E-state index in [2.05, 4.69) is 5.32 Å². The number of para-hydroxylation sites is 1. The number of benzene rings is 1. The van der Waals surface area contributed by atoms with Gasteiger partial charge in [0.1, 0.15) is 5.88 Å². The average Bonchev–Trinajstić information content (AvgIpc) is 2.18. The fourth-order valence-electron chi connectivity index (χ4n) is 0.964. The van der Waals surface area contributed by atoms with Crippen LogP contribution in [0, 0.1) is 0 Å². The largest absolute Gasteiger partial charge is 0.392 e. The highest BCUT2D eigenvalue weighted by molar-refractivity contribution is 6.29. The molecule has 0 aliphatic rings. The number of carbonyl (C=O) groups is 1. The molecule has 0 heterocycles. The van der Waals surface area contributed by atoms with Gasteiger partial charge in [-0.2, -0.15) is 0 Å². The van der Waals surface area contributed by atoms with Gasteiger partial charge in [-0.15, -0.1) is 11.6 Å². The third kappa shape index (κ3) is 2.72. The summed E-state index contributed by atoms with van der Waals surface area (Å²) < 4.78 is 0. The summed E-state index contributed by atoms with van der Waals surface area (Å²) in [4.78, 5) is 10.9. The van der Waals surface area contributed by atoms with E-state index in [-0.39, 0.29) is 18.4 Å². The van der Waals surface area contributed by atoms with Crippen LogP contribution in [0.2, 0.25) is 0 Å². The molecule has 1 aromatic carbocycles. The lowest BCUT2D eigenvalue weighted by Gasteiger charge is -2.06. The van der Waals surface area contributed by atoms with Crippen LogP contribution < -0.4 is 5.32 Å². The van der Waals surface area contributed by atoms with Gasteiger partial charge in [-0.05, 0) is 6.07 Å². The molecule has 0 bridgehead atoms. The van der Waals surface area contributed by atoms with Crippen molar-refractivity contribution in [3.8, 4) is 0 Å². The summed E-state index contributed by atoms with van der Waals surface area (Å²) in [7, 11) is 0. The Morgan fingerprint density at radius 2 is 2.15 bits per heavy atom. The maximum Gasteiger partial charge on any atom is 0.239 e. The molecule has 0 radical (unpaired) electrons. The number of rotatable bonds is 3. The van der Waals surface area contributed by atoms with Crippen molar-refractivity contribution in [2.45, 2.75) is 6.61 Å². The van der Waals surface area contributed by atoms with Crippen molar-refractivity contribution < 1.29 is 9.90 Å². The molecule has 0 aromatic heterocycles. The van der Waals surface area contributed by atoms with Gasteiger partial charge in [-0.1, -0.05) is 18.2 Å². The van der Waals surface area contributed by atoms with Gasteiger partial charge in [0.25, 0.3) is 0 Å². The van der Waals surface area contributed by atoms with Crippen molar-refractivity contribution in [2.75, 3.05) is 11.2 Å². The van der Waals surface area contributed by atoms with Crippen molar-refractivity contribution in [1.82, 2.24) is 0 Å². The quantitative estimate of drug-likeness (QED) is 0.723. The Bertz CT molecular complexity index is 301. The first-order chi connectivity index (χ1) is 6.27. The molecule has 2 N–H and O–H groups in total. The molecule has 3 nitrogen and oxygen atoms in total. The molecule has 0 aliphatic carbocycles. The Labute approximate surface area is 81.3 Å². The van der Waals surface area contributed by atoms with Crippen molar-refractivity contribution in [1.29, 1.82) is 0 Å². The number of hydrogen-bond donors (Lipinski definition) is 2. The summed E-state index contributed by atoms with van der Waals surface area (Å²) in [5.74, 6) is -0.359. The number of amides is 1. The number of aliphatic hydroxyl groups is 1. The zero-order valence-electron chi connectivity index (χ0n) is 6.96. The SMILES string of the molecule is O=C(CCl)Nc1ccccc1CO. The summed E-state index contributed by atoms with van der Waals surface area (Å²) in [6, 6.07) is 7.03. The predicted molar refractivity (Wildman–Crippen MR) is 51.7 cm³/mol. The van der Waals surface area contributed by atoms with E-state index in [0.29, 0.717) is 11.3 Å². The maximum absolute atomic E-state index is 10.9. The molecular formula is C9H10ClNO2. The average molecular weight is 200 g/mol. The lowest BCUT2D eigenvalue weighted by molar-refractivity contribution is -0.113. The van der Waals surface area contributed by atoms with E-state index in [0.717, 1.165) is 0 Å². The molecule has 0 unspecified atom stereocenters. The van der Waals surface area contributed by atoms with Crippen LogP contribution in [-0.2, 0) is 11.4 Å². The van der Waals surface area contributed by atoms with Crippen LogP contribution in [0.5, 0.6) is 0 Å². The highest BCUT2D eigenvalue weighted by Crippen LogP contribution is 2.14. The van der Waals surface area contributed by atoms with E-state index in [1.807, 2.05) is 0 Å². The third-order valence-electron chi connectivity index (χ3n) is 1.58. The Hall–Kier alpha value is -1.06. The molecule has 0 saturated heterocycles. The van der Waals surface area contributed by atoms with Crippen molar-refractivity contribution in [2.24, 2.45) is 0 Å². The van der Waals surface area contributed by atoms with Gasteiger partial charge in [0.2, 0.25) is 5.91 Å². The number of aliphatic hydroxyl groups excluding tert-OH is 1. The van der Waals surface area contributed by atoms with Gasteiger partial charge >= 0.3 is 0 Å². The van der Waals surface area contributed by atoms with Gasteiger partial charge in [0.15, 0.2) is 0 Å². The molecule has 0 fully saturated rings. The fraction of sp³-hybridized carbons (Fsp3) is 0.222. The van der Waals surface area contributed by atoms with Crippen molar-refractivity contribution in [3.63, 3.8) is 0 Å². The maximum atomic E-state index is 10.9. The highest BCUT2D eigenvalue weighted by Gasteiger charge is 2.03. The monoisotopic (exact) mass is 199 g/mol. The molecule has 4 heteroatoms. The van der Waals surface area contributed by atoms with E-state index in [1.165, 1.54) is 0 Å². The molecule has 0 aliphatic heterocycles. The number of hydrogen-bond acceptors (Lipinski definition) is 2. The second kappa shape index (κ2) is 4.84. The van der Waals surface area contributed by atoms with Crippen LogP contribution in [0.4, 0.5) is 5.69 Å². The highest BCUT2D eigenvalue weighted by atomic mass is 35.5. The molecular weight excluding hydrogens is 190 g/mol. The molecule has 13 heavy (non-hydrogen) atoms. The van der Waals surface area contributed by atoms with E-state index in [1.54, 1.807) is 24.3 Å². The summed E-state index contributed by atoms with van der Waals surface area (Å²) in [6.45, 7) is -0.0985. The number of anilines is 1. The summed E-state index contributed by atoms with van der Waals surface area (Å²) in [6.07, 6.45) is 0. The molecule has 1 rings (SSSR count). The van der Waals surface area contributed by atoms with E-state index >= 15 is 0 Å². The Morgan fingerprint density at radius 1 is 1.46 bits per heavy atom. The number of nitrogens with one attached hydrogen (secondary N) is 1. The van der Waals surface area contributed by atoms with Crippen LogP contribution >= 0.6 is 11.6 Å². The van der Waals surface area contributed by atoms with E-state index in [4.69, 9.17) is 16.7 Å². The summed E-state index contributed by atoms with van der Waals surface area (Å²) >= 11 is 5.32. The fourth-order valence-corrected chi connectivity index (χ4v) is 1.03. The Balaban J connectivity index is 2.81. The minimum atomic E-state index is -0.275. The minimum Gasteiger partial charge on any atom is -0.392 e. The predicted octanol–water partition coefficient (Wildman–Crippen LogP) is 1.36. The van der Waals surface area contributed by atoms with Crippen LogP contribution in [-0.4, -0.2) is 16.9 Å². The van der Waals surface area contributed by atoms with Crippen molar-refractivity contribution >= 4 is 23.2 Å². The van der Waals surface area contributed by atoms with Crippen LogP contribution in [0.25, 0.3) is 0 Å². The smallest absolute Gasteiger partial charge is 0.239 e. The Kier molecular flexibility index (Phi) is 3.73. The zero-order chi connectivity index (χ0) is 9.68. The first kappa shape index (κ1) is 10.0. The molecule has 0 atom stereocenters. The number of alkyl halides is 1. The molecule has 70 valence electrons. The second-order valence-corrected chi connectivity index (χ2v) is 2.76. The first-order valence-corrected chi connectivity index (χ1v) is 4.36. The van der Waals surface area contributed by atoms with Gasteiger partial charge in [-0.3, -0.25) is 4.79 Å². The lowest BCUT2D eigenvalue weighted by Crippen LogP contribution is -2.13. The molecule has 1 aromatic rings. The lowest BCUT2D eigenvalue weighted by atomic mass is 10.2. The minimum absolute atomic E-state index is 0.0836. The normalized spacial score (nSPS) is 9.69. The number of carbonyl (C=O) groups excluding carboxylic acids is 1. The Morgan fingerprint density at radius 3 is 2.77 bits per heavy atom. The summed E-state index contributed by atoms with van der Waals surface area (Å²) in [5.41, 5.74) is 1.29. The standard InChI is InChI=1S/C9H10ClNO2/c10-5-9(13)11-8-4-2-1-3-7(8)6-12/h1-4,12H,5-6H2,(H,11,13). The van der Waals surface area contributed by atoms with Gasteiger partial charge in [-0.25, -0.2) is 0 Å². The third-order valence-corrected chi connectivity index (χ3v) is 1.83. The first-order valence-electron chi connectivity index (χ1n) is 3.82. The van der Waals surface area contributed by atoms with Crippen molar-refractivity contribution in [3.05, 3.63) is 29.8 Å². The zero-order valence-corrected chi connectivity index (χ0v) is 7.71. The number of halogens is 1. The van der Waals surface area contributed by atoms with Gasteiger partial charge < -0.3 is 10.4 Å². The molecule has 0 spiro atoms. The van der Waals surface area contributed by atoms with E-state index in [9.17, 15) is 4.79 Å². The van der Waals surface area contributed by atoms with Crippen LogP contribution in [0.15, 0.2) is 24.3 Å². The molecule has 0 saturated carbocycles. The molecule has 1 amide bonds. The topological polar surface area (TPSA) is 49.3 Å². The van der Waals surface area contributed by atoms with Crippen LogP contribution in [0.1, 0.15) is 5.56 Å². The van der Waals surface area contributed by atoms with Gasteiger partial charge in [0.05, 0.1) is 6.61 Å². The van der Waals surface area contributed by atoms with Crippen LogP contribution in [0.3, 0.4) is 0 Å². The summed E-state index contributed by atoms with van der Waals surface area (Å²) in [5, 5.41) is 11.5. The second-order valence-electron chi connectivity index (χ2n) is 2.50. The van der Waals surface area contributed by atoms with Gasteiger partial charge in [0, 0.05) is 11.3 Å².